The first kappa shape index (κ1) is 10.7. The fourth-order valence-corrected chi connectivity index (χ4v) is 3.68. The Kier molecular flexibility index (Phi) is 3.12. The molecule has 0 fully saturated rings. The molecule has 0 saturated heterocycles. The number of allylic oxidation sites excluding steroid dienone is 2. The molecule has 0 saturated carbocycles. The zero-order valence-electron chi connectivity index (χ0n) is 8.65. The Morgan fingerprint density at radius 3 is 2.07 bits per heavy atom. The summed E-state index contributed by atoms with van der Waals surface area (Å²) in [5.41, 5.74) is 1.13. The van der Waals surface area contributed by atoms with E-state index >= 15 is 0 Å². The van der Waals surface area contributed by atoms with Crippen molar-refractivity contribution < 1.29 is 5.11 Å². The Balaban J connectivity index is 2.16. The van der Waals surface area contributed by atoms with Gasteiger partial charge in [0.15, 0.2) is 0 Å². The Morgan fingerprint density at radius 2 is 1.53 bits per heavy atom. The first-order chi connectivity index (χ1) is 7.15. The van der Waals surface area contributed by atoms with Gasteiger partial charge in [0.25, 0.3) is 0 Å². The number of phenolic OH excluding ortho intramolecular Hbond substituents is 1. The van der Waals surface area contributed by atoms with Gasteiger partial charge in [-0.1, -0.05) is 35.7 Å². The van der Waals surface area contributed by atoms with Crippen molar-refractivity contribution in [2.24, 2.45) is 0 Å². The summed E-state index contributed by atoms with van der Waals surface area (Å²) in [7, 11) is 0. The summed E-state index contributed by atoms with van der Waals surface area (Å²) in [4.78, 5) is 2.76. The second-order valence-electron chi connectivity index (χ2n) is 3.37. The second-order valence-corrected chi connectivity index (χ2v) is 6.14. The predicted molar refractivity (Wildman–Crippen MR) is 69.6 cm³/mol. The zero-order valence-corrected chi connectivity index (χ0v) is 10.3. The average molecular weight is 236 g/mol. The van der Waals surface area contributed by atoms with Crippen LogP contribution in [0.1, 0.15) is 19.4 Å². The molecule has 1 aliphatic heterocycles. The first-order valence-corrected chi connectivity index (χ1v) is 6.32. The van der Waals surface area contributed by atoms with Crippen molar-refractivity contribution in [1.29, 1.82) is 0 Å². The molecule has 0 atom stereocenters. The number of rotatable bonds is 1. The van der Waals surface area contributed by atoms with E-state index in [1.54, 1.807) is 12.1 Å². The number of thioether (sulfide) groups is 2. The summed E-state index contributed by atoms with van der Waals surface area (Å²) in [6.07, 6.45) is 2.15. The lowest BCUT2D eigenvalue weighted by atomic mass is 10.2. The second kappa shape index (κ2) is 4.37. The minimum atomic E-state index is 0.314. The third-order valence-corrected chi connectivity index (χ3v) is 4.67. The van der Waals surface area contributed by atoms with Crippen molar-refractivity contribution in [2.45, 2.75) is 13.8 Å². The molecule has 0 unspecified atom stereocenters. The average Bonchev–Trinajstić information content (AvgIpc) is 2.50. The molecule has 2 rings (SSSR count). The van der Waals surface area contributed by atoms with E-state index in [4.69, 9.17) is 5.11 Å². The minimum Gasteiger partial charge on any atom is -0.508 e. The van der Waals surface area contributed by atoms with Crippen molar-refractivity contribution in [3.05, 3.63) is 43.9 Å². The molecule has 15 heavy (non-hydrogen) atoms. The van der Waals surface area contributed by atoms with Gasteiger partial charge in [0.1, 0.15) is 5.75 Å². The quantitative estimate of drug-likeness (QED) is 0.779. The van der Waals surface area contributed by atoms with Crippen LogP contribution in [-0.4, -0.2) is 5.11 Å². The first-order valence-electron chi connectivity index (χ1n) is 4.69. The molecule has 0 bridgehead atoms. The molecule has 1 nitrogen and oxygen atoms in total. The molecule has 1 aliphatic rings. The molecule has 0 amide bonds. The lowest BCUT2D eigenvalue weighted by molar-refractivity contribution is 0.475. The van der Waals surface area contributed by atoms with Crippen molar-refractivity contribution in [2.75, 3.05) is 0 Å². The minimum absolute atomic E-state index is 0.314. The molecule has 78 valence electrons. The van der Waals surface area contributed by atoms with Crippen LogP contribution in [0.15, 0.2) is 38.3 Å². The Morgan fingerprint density at radius 1 is 1.00 bits per heavy atom. The van der Waals surface area contributed by atoms with E-state index in [2.05, 4.69) is 19.9 Å². The smallest absolute Gasteiger partial charge is 0.115 e. The molecule has 1 aromatic carbocycles. The Bertz CT molecular complexity index is 413. The highest BCUT2D eigenvalue weighted by Gasteiger charge is 2.13. The van der Waals surface area contributed by atoms with Gasteiger partial charge in [-0.05, 0) is 47.4 Å². The van der Waals surface area contributed by atoms with Crippen LogP contribution in [0.3, 0.4) is 0 Å². The topological polar surface area (TPSA) is 20.2 Å². The third kappa shape index (κ3) is 2.61. The third-order valence-electron chi connectivity index (χ3n) is 2.18. The van der Waals surface area contributed by atoms with Crippen LogP contribution in [-0.2, 0) is 0 Å². The molecule has 0 radical (unpaired) electrons. The van der Waals surface area contributed by atoms with Crippen LogP contribution in [0.25, 0.3) is 6.08 Å². The number of aromatic hydroxyl groups is 1. The lowest BCUT2D eigenvalue weighted by Gasteiger charge is -1.97. The maximum atomic E-state index is 9.16. The summed E-state index contributed by atoms with van der Waals surface area (Å²) in [6.45, 7) is 4.29. The maximum Gasteiger partial charge on any atom is 0.115 e. The van der Waals surface area contributed by atoms with E-state index in [1.165, 1.54) is 14.0 Å². The molecule has 0 aliphatic carbocycles. The van der Waals surface area contributed by atoms with Crippen molar-refractivity contribution in [1.82, 2.24) is 0 Å². The van der Waals surface area contributed by atoms with E-state index in [1.807, 2.05) is 35.7 Å². The monoisotopic (exact) mass is 236 g/mol. The molecule has 1 heterocycles. The molecular formula is C12H12OS2. The Hall–Kier alpha value is -0.800. The van der Waals surface area contributed by atoms with Crippen LogP contribution in [0.2, 0.25) is 0 Å². The van der Waals surface area contributed by atoms with Gasteiger partial charge in [-0.3, -0.25) is 0 Å². The van der Waals surface area contributed by atoms with Crippen molar-refractivity contribution >= 4 is 29.6 Å². The van der Waals surface area contributed by atoms with E-state index in [9.17, 15) is 0 Å². The molecule has 0 aromatic heterocycles. The standard InChI is InChI=1S/C12H12OS2/c1-8-9(2)15-12(14-8)7-10-3-5-11(13)6-4-10/h3-7,13H,1-2H3. The van der Waals surface area contributed by atoms with Gasteiger partial charge in [0.05, 0.1) is 0 Å². The van der Waals surface area contributed by atoms with Gasteiger partial charge in [-0.2, -0.15) is 0 Å². The number of benzene rings is 1. The van der Waals surface area contributed by atoms with Gasteiger partial charge in [-0.15, -0.1) is 0 Å². The Labute approximate surface area is 98.3 Å². The zero-order chi connectivity index (χ0) is 10.8. The van der Waals surface area contributed by atoms with Gasteiger partial charge in [0, 0.05) is 4.24 Å². The summed E-state index contributed by atoms with van der Waals surface area (Å²) in [5, 5.41) is 9.16. The van der Waals surface area contributed by atoms with E-state index in [0.717, 1.165) is 5.56 Å². The van der Waals surface area contributed by atoms with Crippen LogP contribution in [0.5, 0.6) is 5.75 Å². The van der Waals surface area contributed by atoms with Gasteiger partial charge in [0.2, 0.25) is 0 Å². The van der Waals surface area contributed by atoms with Crippen molar-refractivity contribution in [3.8, 4) is 5.75 Å². The fraction of sp³-hybridized carbons (Fsp3) is 0.167. The fourth-order valence-electron chi connectivity index (χ4n) is 1.23. The highest BCUT2D eigenvalue weighted by molar-refractivity contribution is 8.28. The highest BCUT2D eigenvalue weighted by atomic mass is 32.2. The van der Waals surface area contributed by atoms with E-state index in [-0.39, 0.29) is 0 Å². The predicted octanol–water partition coefficient (Wildman–Crippen LogP) is 4.42. The van der Waals surface area contributed by atoms with Gasteiger partial charge < -0.3 is 5.11 Å². The van der Waals surface area contributed by atoms with Crippen LogP contribution in [0.4, 0.5) is 0 Å². The summed E-state index contributed by atoms with van der Waals surface area (Å²) in [6, 6.07) is 7.27. The molecular weight excluding hydrogens is 224 g/mol. The van der Waals surface area contributed by atoms with Crippen LogP contribution < -0.4 is 0 Å². The molecule has 1 aromatic rings. The molecule has 3 heteroatoms. The van der Waals surface area contributed by atoms with Crippen LogP contribution >= 0.6 is 23.5 Å². The number of hydrogen-bond acceptors (Lipinski definition) is 3. The normalized spacial score (nSPS) is 16.0. The summed E-state index contributed by atoms with van der Waals surface area (Å²) < 4.78 is 1.30. The van der Waals surface area contributed by atoms with Gasteiger partial charge in [-0.25, -0.2) is 0 Å². The molecule has 1 N–H and O–H groups in total. The SMILES string of the molecule is CC1=C(C)SC(=Cc2ccc(O)cc2)S1. The number of phenols is 1. The largest absolute Gasteiger partial charge is 0.508 e. The van der Waals surface area contributed by atoms with E-state index in [0.29, 0.717) is 5.75 Å². The number of hydrogen-bond donors (Lipinski definition) is 1. The highest BCUT2D eigenvalue weighted by Crippen LogP contribution is 2.49. The summed E-state index contributed by atoms with van der Waals surface area (Å²) in [5.74, 6) is 0.314. The molecule has 0 spiro atoms. The lowest BCUT2D eigenvalue weighted by Crippen LogP contribution is -1.71. The van der Waals surface area contributed by atoms with Gasteiger partial charge >= 0.3 is 0 Å². The van der Waals surface area contributed by atoms with Crippen LogP contribution in [0, 0.1) is 0 Å². The maximum absolute atomic E-state index is 9.16. The summed E-state index contributed by atoms with van der Waals surface area (Å²) >= 11 is 3.63. The van der Waals surface area contributed by atoms with E-state index < -0.39 is 0 Å². The van der Waals surface area contributed by atoms with Crippen molar-refractivity contribution in [3.63, 3.8) is 0 Å².